The molecular formula is C27H35FN2O2. The van der Waals surface area contributed by atoms with Gasteiger partial charge in [0.2, 0.25) is 0 Å². The highest BCUT2D eigenvalue weighted by atomic mass is 19.1. The second-order valence-corrected chi connectivity index (χ2v) is 11.3. The number of anilines is 1. The van der Waals surface area contributed by atoms with Gasteiger partial charge >= 0.3 is 0 Å². The Morgan fingerprint density at radius 2 is 1.91 bits per heavy atom. The number of carbonyl (C=O) groups excluding carboxylic acids is 2. The van der Waals surface area contributed by atoms with Crippen LogP contribution in [0, 0.1) is 41.3 Å². The minimum Gasteiger partial charge on any atom is -0.338 e. The Labute approximate surface area is 190 Å². The van der Waals surface area contributed by atoms with E-state index in [2.05, 4.69) is 19.2 Å². The molecule has 3 aliphatic carbocycles. The predicted molar refractivity (Wildman–Crippen MR) is 123 cm³/mol. The van der Waals surface area contributed by atoms with E-state index < -0.39 is 0 Å². The Kier molecular flexibility index (Phi) is 5.03. The summed E-state index contributed by atoms with van der Waals surface area (Å²) >= 11 is 0. The monoisotopic (exact) mass is 438 g/mol. The standard InChI is InChI=1S/C27H35FN2O2/c1-16-14-17(28)7-9-22(16)29-24(31)19-15-27(3)21-11-13-26(2)12-5-6-20(26)18(21)8-10-23(27)30(4)25(19)32/h7,9,14-15,18,20-21,23H,5-6,8,10-13H2,1-4H3,(H,29,31)/t18-,20-,21+,23?,26-,27+/m0/s1. The normalized spacial score (nSPS) is 38.5. The molecule has 0 aromatic heterocycles. The summed E-state index contributed by atoms with van der Waals surface area (Å²) in [4.78, 5) is 28.3. The summed E-state index contributed by atoms with van der Waals surface area (Å²) in [6.45, 7) is 6.53. The van der Waals surface area contributed by atoms with Gasteiger partial charge in [-0.1, -0.05) is 26.3 Å². The zero-order chi connectivity index (χ0) is 22.8. The molecule has 6 atom stereocenters. The number of hydrogen-bond donors (Lipinski definition) is 1. The Bertz CT molecular complexity index is 1000. The SMILES string of the molecule is Cc1cc(F)ccc1NC(=O)C1=C[C@@]2(C)C(CC[C@@H]3[C@H]2CC[C@]2(C)CCC[C@@H]32)N(C)C1=O. The molecule has 4 aliphatic rings. The fourth-order valence-electron chi connectivity index (χ4n) is 8.00. The number of benzene rings is 1. The fourth-order valence-corrected chi connectivity index (χ4v) is 8.00. The van der Waals surface area contributed by atoms with Gasteiger partial charge in [-0.15, -0.1) is 0 Å². The molecule has 0 bridgehead atoms. The second kappa shape index (κ2) is 7.43. The molecule has 1 N–H and O–H groups in total. The molecule has 1 aromatic carbocycles. The lowest BCUT2D eigenvalue weighted by atomic mass is 9.48. The van der Waals surface area contributed by atoms with Gasteiger partial charge in [0.1, 0.15) is 11.4 Å². The quantitative estimate of drug-likeness (QED) is 0.622. The molecule has 2 amide bonds. The first kappa shape index (κ1) is 21.7. The van der Waals surface area contributed by atoms with Gasteiger partial charge in [-0.25, -0.2) is 4.39 Å². The summed E-state index contributed by atoms with van der Waals surface area (Å²) in [5.74, 6) is 1.02. The number of nitrogens with one attached hydrogen (secondary N) is 1. The molecule has 0 spiro atoms. The van der Waals surface area contributed by atoms with Gasteiger partial charge in [0.15, 0.2) is 0 Å². The van der Waals surface area contributed by atoms with Gasteiger partial charge in [-0.3, -0.25) is 9.59 Å². The van der Waals surface area contributed by atoms with Crippen molar-refractivity contribution >= 4 is 17.5 Å². The van der Waals surface area contributed by atoms with Crippen LogP contribution in [0.5, 0.6) is 0 Å². The highest BCUT2D eigenvalue weighted by molar-refractivity contribution is 6.23. The Hall–Kier alpha value is -2.17. The minimum absolute atomic E-state index is 0.145. The van der Waals surface area contributed by atoms with E-state index in [4.69, 9.17) is 0 Å². The number of rotatable bonds is 2. The van der Waals surface area contributed by atoms with E-state index in [0.29, 0.717) is 28.5 Å². The maximum absolute atomic E-state index is 13.5. The van der Waals surface area contributed by atoms with Crippen LogP contribution in [0.25, 0.3) is 0 Å². The summed E-state index contributed by atoms with van der Waals surface area (Å²) in [7, 11) is 1.86. The maximum atomic E-state index is 13.5. The topological polar surface area (TPSA) is 49.4 Å². The van der Waals surface area contributed by atoms with Crippen LogP contribution >= 0.6 is 0 Å². The molecule has 3 fully saturated rings. The summed E-state index contributed by atoms with van der Waals surface area (Å²) in [6.07, 6.45) is 10.7. The largest absolute Gasteiger partial charge is 0.338 e. The summed E-state index contributed by atoms with van der Waals surface area (Å²) in [5.41, 5.74) is 1.70. The van der Waals surface area contributed by atoms with Crippen molar-refractivity contribution < 1.29 is 14.0 Å². The van der Waals surface area contributed by atoms with Crippen molar-refractivity contribution in [2.75, 3.05) is 12.4 Å². The molecule has 1 aliphatic heterocycles. The smallest absolute Gasteiger partial charge is 0.260 e. The van der Waals surface area contributed by atoms with Gasteiger partial charge in [0.05, 0.1) is 0 Å². The molecule has 3 saturated carbocycles. The van der Waals surface area contributed by atoms with Crippen molar-refractivity contribution in [1.82, 2.24) is 4.90 Å². The van der Waals surface area contributed by atoms with Crippen LogP contribution in [0.4, 0.5) is 10.1 Å². The lowest BCUT2D eigenvalue weighted by molar-refractivity contribution is -0.141. The zero-order valence-electron chi connectivity index (χ0n) is 19.7. The molecule has 1 aromatic rings. The molecule has 5 heteroatoms. The van der Waals surface area contributed by atoms with E-state index >= 15 is 0 Å². The molecule has 1 unspecified atom stereocenters. The van der Waals surface area contributed by atoms with Crippen LogP contribution in [-0.4, -0.2) is 29.8 Å². The van der Waals surface area contributed by atoms with E-state index in [9.17, 15) is 14.0 Å². The summed E-state index contributed by atoms with van der Waals surface area (Å²) in [6, 6.07) is 4.42. The number of hydrogen-bond acceptors (Lipinski definition) is 2. The number of likely N-dealkylation sites (N-methyl/N-ethyl adjacent to an activating group) is 1. The molecule has 0 radical (unpaired) electrons. The van der Waals surface area contributed by atoms with Crippen LogP contribution in [0.1, 0.15) is 64.4 Å². The van der Waals surface area contributed by atoms with Gasteiger partial charge < -0.3 is 10.2 Å². The first-order valence-electron chi connectivity index (χ1n) is 12.2. The lowest BCUT2D eigenvalue weighted by Gasteiger charge is -2.60. The van der Waals surface area contributed by atoms with Gasteiger partial charge in [-0.2, -0.15) is 0 Å². The fraction of sp³-hybridized carbons (Fsp3) is 0.630. The van der Waals surface area contributed by atoms with Gasteiger partial charge in [0, 0.05) is 24.2 Å². The molecular weight excluding hydrogens is 403 g/mol. The third kappa shape index (κ3) is 3.14. The van der Waals surface area contributed by atoms with Crippen molar-refractivity contribution in [3.8, 4) is 0 Å². The molecule has 1 heterocycles. The zero-order valence-corrected chi connectivity index (χ0v) is 19.7. The van der Waals surface area contributed by atoms with Gasteiger partial charge in [0.25, 0.3) is 11.8 Å². The lowest BCUT2D eigenvalue weighted by Crippen LogP contribution is -2.60. The number of halogens is 1. The van der Waals surface area contributed by atoms with E-state index in [0.717, 1.165) is 12.3 Å². The van der Waals surface area contributed by atoms with E-state index in [1.54, 1.807) is 13.0 Å². The average Bonchev–Trinajstić information content (AvgIpc) is 3.14. The Morgan fingerprint density at radius 1 is 1.12 bits per heavy atom. The third-order valence-corrected chi connectivity index (χ3v) is 9.66. The molecule has 172 valence electrons. The predicted octanol–water partition coefficient (Wildman–Crippen LogP) is 5.47. The first-order valence-corrected chi connectivity index (χ1v) is 12.2. The molecule has 4 nitrogen and oxygen atoms in total. The number of carbonyl (C=O) groups is 2. The van der Waals surface area contributed by atoms with Crippen molar-refractivity contribution in [2.24, 2.45) is 28.6 Å². The van der Waals surface area contributed by atoms with Crippen LogP contribution < -0.4 is 5.32 Å². The number of fused-ring (bicyclic) bond motifs is 5. The number of nitrogens with zero attached hydrogens (tertiary/aromatic N) is 1. The van der Waals surface area contributed by atoms with E-state index in [-0.39, 0.29) is 34.7 Å². The van der Waals surface area contributed by atoms with Crippen LogP contribution in [-0.2, 0) is 9.59 Å². The average molecular weight is 439 g/mol. The number of amides is 2. The highest BCUT2D eigenvalue weighted by Crippen LogP contribution is 2.64. The highest BCUT2D eigenvalue weighted by Gasteiger charge is 2.59. The minimum atomic E-state index is -0.389. The summed E-state index contributed by atoms with van der Waals surface area (Å²) < 4.78 is 13.5. The second-order valence-electron chi connectivity index (χ2n) is 11.3. The van der Waals surface area contributed by atoms with Crippen LogP contribution in [0.2, 0.25) is 0 Å². The molecule has 32 heavy (non-hydrogen) atoms. The molecule has 5 rings (SSSR count). The van der Waals surface area contributed by atoms with Crippen molar-refractivity contribution in [2.45, 2.75) is 71.8 Å². The van der Waals surface area contributed by atoms with Crippen molar-refractivity contribution in [1.29, 1.82) is 0 Å². The van der Waals surface area contributed by atoms with Crippen molar-refractivity contribution in [3.05, 3.63) is 41.2 Å². The maximum Gasteiger partial charge on any atom is 0.260 e. The molecule has 0 saturated heterocycles. The van der Waals surface area contributed by atoms with E-state index in [1.807, 2.05) is 18.0 Å². The van der Waals surface area contributed by atoms with Crippen LogP contribution in [0.15, 0.2) is 29.8 Å². The Balaban J connectivity index is 1.48. The van der Waals surface area contributed by atoms with Crippen LogP contribution in [0.3, 0.4) is 0 Å². The third-order valence-electron chi connectivity index (χ3n) is 9.66. The first-order chi connectivity index (χ1) is 15.1. The number of aryl methyl sites for hydroxylation is 1. The summed E-state index contributed by atoms with van der Waals surface area (Å²) in [5, 5.41) is 2.86. The van der Waals surface area contributed by atoms with Crippen molar-refractivity contribution in [3.63, 3.8) is 0 Å². The van der Waals surface area contributed by atoms with E-state index in [1.165, 1.54) is 50.7 Å². The van der Waals surface area contributed by atoms with Gasteiger partial charge in [-0.05, 0) is 92.4 Å². The Morgan fingerprint density at radius 3 is 2.66 bits per heavy atom.